The van der Waals surface area contributed by atoms with Crippen LogP contribution in [-0.2, 0) is 0 Å². The second-order valence-electron chi connectivity index (χ2n) is 4.83. The molecule has 2 N–H and O–H groups in total. The minimum Gasteiger partial charge on any atom is -0.330 e. The third-order valence-electron chi connectivity index (χ3n) is 3.12. The van der Waals surface area contributed by atoms with E-state index in [1.807, 2.05) is 0 Å². The summed E-state index contributed by atoms with van der Waals surface area (Å²) in [5.41, 5.74) is 5.55. The van der Waals surface area contributed by atoms with Gasteiger partial charge in [-0.3, -0.25) is 0 Å². The van der Waals surface area contributed by atoms with Crippen LogP contribution in [0.3, 0.4) is 0 Å². The van der Waals surface area contributed by atoms with Gasteiger partial charge in [0, 0.05) is 19.1 Å². The molecular weight excluding hydrogens is 160 g/mol. The van der Waals surface area contributed by atoms with Gasteiger partial charge in [-0.25, -0.2) is 0 Å². The minimum atomic E-state index is 0.762. The van der Waals surface area contributed by atoms with Gasteiger partial charge in [0.25, 0.3) is 0 Å². The van der Waals surface area contributed by atoms with Crippen LogP contribution in [0.4, 0.5) is 0 Å². The summed E-state index contributed by atoms with van der Waals surface area (Å²) in [6, 6.07) is 0.787. The lowest BCUT2D eigenvalue weighted by Gasteiger charge is -2.24. The monoisotopic (exact) mass is 184 g/mol. The van der Waals surface area contributed by atoms with Crippen molar-refractivity contribution in [3.63, 3.8) is 0 Å². The number of nitrogens with zero attached hydrogens (tertiary/aromatic N) is 1. The molecule has 78 valence electrons. The van der Waals surface area contributed by atoms with Crippen LogP contribution < -0.4 is 5.73 Å². The third kappa shape index (κ3) is 3.28. The minimum absolute atomic E-state index is 0.762. The molecule has 2 nitrogen and oxygen atoms in total. The Morgan fingerprint density at radius 3 is 2.62 bits per heavy atom. The molecule has 1 fully saturated rings. The van der Waals surface area contributed by atoms with Crippen LogP contribution >= 0.6 is 0 Å². The zero-order chi connectivity index (χ0) is 9.84. The average molecular weight is 184 g/mol. The molecule has 13 heavy (non-hydrogen) atoms. The normalized spacial score (nSPS) is 32.3. The predicted octanol–water partition coefficient (Wildman–Crippen LogP) is 1.70. The van der Waals surface area contributed by atoms with E-state index < -0.39 is 0 Å². The Bertz CT molecular complexity index is 147. The van der Waals surface area contributed by atoms with Gasteiger partial charge in [-0.05, 0) is 38.1 Å². The molecule has 2 heteroatoms. The Morgan fingerprint density at radius 1 is 1.46 bits per heavy atom. The summed E-state index contributed by atoms with van der Waals surface area (Å²) < 4.78 is 0. The van der Waals surface area contributed by atoms with E-state index >= 15 is 0 Å². The van der Waals surface area contributed by atoms with E-state index in [1.165, 1.54) is 19.5 Å². The van der Waals surface area contributed by atoms with Crippen molar-refractivity contribution in [2.45, 2.75) is 39.7 Å². The maximum atomic E-state index is 5.55. The van der Waals surface area contributed by atoms with Crippen molar-refractivity contribution < 1.29 is 0 Å². The van der Waals surface area contributed by atoms with Gasteiger partial charge in [0.1, 0.15) is 0 Å². The quantitative estimate of drug-likeness (QED) is 0.720. The van der Waals surface area contributed by atoms with Gasteiger partial charge in [-0.15, -0.1) is 0 Å². The van der Waals surface area contributed by atoms with Crippen molar-refractivity contribution in [1.82, 2.24) is 4.90 Å². The molecule has 0 spiro atoms. The first-order valence-electron chi connectivity index (χ1n) is 5.57. The number of likely N-dealkylation sites (tertiary alicyclic amines) is 1. The maximum Gasteiger partial charge on any atom is 0.00701 e. The van der Waals surface area contributed by atoms with E-state index in [0.29, 0.717) is 0 Å². The Morgan fingerprint density at radius 2 is 2.15 bits per heavy atom. The molecule has 1 rings (SSSR count). The molecule has 3 atom stereocenters. The van der Waals surface area contributed by atoms with Crippen molar-refractivity contribution in [3.05, 3.63) is 0 Å². The highest BCUT2D eigenvalue weighted by Gasteiger charge is 2.26. The first-order chi connectivity index (χ1) is 6.13. The Labute approximate surface area is 82.5 Å². The molecule has 0 aromatic rings. The molecule has 0 aliphatic carbocycles. The largest absolute Gasteiger partial charge is 0.330 e. The van der Waals surface area contributed by atoms with Crippen LogP contribution in [0.5, 0.6) is 0 Å². The summed E-state index contributed by atoms with van der Waals surface area (Å²) >= 11 is 0. The molecule has 0 amide bonds. The molecule has 0 aromatic heterocycles. The van der Waals surface area contributed by atoms with Gasteiger partial charge in [0.2, 0.25) is 0 Å². The number of rotatable bonds is 4. The van der Waals surface area contributed by atoms with Gasteiger partial charge < -0.3 is 10.6 Å². The van der Waals surface area contributed by atoms with E-state index in [9.17, 15) is 0 Å². The van der Waals surface area contributed by atoms with Gasteiger partial charge >= 0.3 is 0 Å². The van der Waals surface area contributed by atoms with Gasteiger partial charge in [0.15, 0.2) is 0 Å². The second kappa shape index (κ2) is 4.97. The van der Waals surface area contributed by atoms with Crippen molar-refractivity contribution in [1.29, 1.82) is 0 Å². The van der Waals surface area contributed by atoms with E-state index in [0.717, 1.165) is 30.8 Å². The van der Waals surface area contributed by atoms with Gasteiger partial charge in [0.05, 0.1) is 0 Å². The van der Waals surface area contributed by atoms with Crippen molar-refractivity contribution in [3.8, 4) is 0 Å². The topological polar surface area (TPSA) is 29.3 Å². The summed E-state index contributed by atoms with van der Waals surface area (Å²) in [5, 5.41) is 0. The van der Waals surface area contributed by atoms with Gasteiger partial charge in [-0.1, -0.05) is 13.8 Å². The maximum absolute atomic E-state index is 5.55. The third-order valence-corrected chi connectivity index (χ3v) is 3.12. The first-order valence-corrected chi connectivity index (χ1v) is 5.57. The van der Waals surface area contributed by atoms with Gasteiger partial charge in [-0.2, -0.15) is 0 Å². The van der Waals surface area contributed by atoms with E-state index in [-0.39, 0.29) is 0 Å². The first kappa shape index (κ1) is 11.0. The molecule has 0 radical (unpaired) electrons. The summed E-state index contributed by atoms with van der Waals surface area (Å²) in [6.07, 6.45) is 2.53. The van der Waals surface area contributed by atoms with Crippen LogP contribution in [0.1, 0.15) is 33.6 Å². The number of hydrogen-bond donors (Lipinski definition) is 1. The highest BCUT2D eigenvalue weighted by molar-refractivity contribution is 4.80. The fraction of sp³-hybridized carbons (Fsp3) is 1.00. The van der Waals surface area contributed by atoms with Crippen LogP contribution in [0.25, 0.3) is 0 Å². The molecule has 1 aliphatic rings. The Kier molecular flexibility index (Phi) is 4.20. The molecule has 1 saturated heterocycles. The molecule has 0 bridgehead atoms. The number of hydrogen-bond acceptors (Lipinski definition) is 2. The van der Waals surface area contributed by atoms with Crippen molar-refractivity contribution in [2.75, 3.05) is 19.6 Å². The lowest BCUT2D eigenvalue weighted by molar-refractivity contribution is 0.225. The SMILES string of the molecule is CC(CCN)CN1CC(C)CC1C. The molecular formula is C11H24N2. The highest BCUT2D eigenvalue weighted by Crippen LogP contribution is 2.23. The van der Waals surface area contributed by atoms with E-state index in [2.05, 4.69) is 25.7 Å². The van der Waals surface area contributed by atoms with E-state index in [1.54, 1.807) is 0 Å². The molecule has 0 aromatic carbocycles. The zero-order valence-electron chi connectivity index (χ0n) is 9.29. The predicted molar refractivity (Wildman–Crippen MR) is 57.7 cm³/mol. The molecule has 1 heterocycles. The molecule has 0 saturated carbocycles. The Balaban J connectivity index is 2.28. The summed E-state index contributed by atoms with van der Waals surface area (Å²) in [5.74, 6) is 1.65. The molecule has 3 unspecified atom stereocenters. The van der Waals surface area contributed by atoms with Crippen LogP contribution in [0, 0.1) is 11.8 Å². The second-order valence-corrected chi connectivity index (χ2v) is 4.83. The fourth-order valence-electron chi connectivity index (χ4n) is 2.42. The van der Waals surface area contributed by atoms with Crippen LogP contribution in [0.15, 0.2) is 0 Å². The fourth-order valence-corrected chi connectivity index (χ4v) is 2.42. The average Bonchev–Trinajstić information content (AvgIpc) is 2.30. The summed E-state index contributed by atoms with van der Waals surface area (Å²) in [6.45, 7) is 10.4. The molecule has 1 aliphatic heterocycles. The van der Waals surface area contributed by atoms with E-state index in [4.69, 9.17) is 5.73 Å². The highest BCUT2D eigenvalue weighted by atomic mass is 15.2. The Hall–Kier alpha value is -0.0800. The van der Waals surface area contributed by atoms with Crippen molar-refractivity contribution >= 4 is 0 Å². The van der Waals surface area contributed by atoms with Crippen molar-refractivity contribution in [2.24, 2.45) is 17.6 Å². The lowest BCUT2D eigenvalue weighted by atomic mass is 10.1. The summed E-state index contributed by atoms with van der Waals surface area (Å²) in [4.78, 5) is 2.62. The number of nitrogens with two attached hydrogens (primary N) is 1. The van der Waals surface area contributed by atoms with Crippen LogP contribution in [0.2, 0.25) is 0 Å². The zero-order valence-corrected chi connectivity index (χ0v) is 9.29. The standard InChI is InChI=1S/C11H24N2/c1-9(4-5-12)7-13-8-10(2)6-11(13)3/h9-11H,4-8,12H2,1-3H3. The smallest absolute Gasteiger partial charge is 0.00701 e. The lowest BCUT2D eigenvalue weighted by Crippen LogP contribution is -2.32. The summed E-state index contributed by atoms with van der Waals surface area (Å²) in [7, 11) is 0. The van der Waals surface area contributed by atoms with Crippen LogP contribution in [-0.4, -0.2) is 30.6 Å².